The number of aromatic nitrogens is 2. The third-order valence-corrected chi connectivity index (χ3v) is 4.71. The van der Waals surface area contributed by atoms with Crippen LogP contribution >= 0.6 is 11.3 Å². The maximum atomic E-state index is 11.3. The predicted octanol–water partition coefficient (Wildman–Crippen LogP) is 3.68. The summed E-state index contributed by atoms with van der Waals surface area (Å²) in [5.74, 6) is 0.453. The van der Waals surface area contributed by atoms with Gasteiger partial charge in [-0.15, -0.1) is 0 Å². The summed E-state index contributed by atoms with van der Waals surface area (Å²) >= 11 is 1.41. The summed E-state index contributed by atoms with van der Waals surface area (Å²) in [6, 6.07) is 0.266. The number of hydrogen-bond donors (Lipinski definition) is 1. The van der Waals surface area contributed by atoms with E-state index >= 15 is 0 Å². The van der Waals surface area contributed by atoms with Crippen molar-refractivity contribution >= 4 is 27.9 Å². The van der Waals surface area contributed by atoms with Crippen LogP contribution in [0, 0.1) is 15.5 Å². The smallest absolute Gasteiger partial charge is 0.360 e. The van der Waals surface area contributed by atoms with Crippen LogP contribution in [-0.4, -0.2) is 20.3 Å². The van der Waals surface area contributed by atoms with Gasteiger partial charge < -0.3 is 15.4 Å². The molecule has 1 N–H and O–H groups in total. The Hall–Kier alpha value is -1.63. The molecule has 3 rings (SSSR count). The van der Waals surface area contributed by atoms with Crippen LogP contribution in [0.5, 0.6) is 0 Å². The maximum absolute atomic E-state index is 11.3. The highest BCUT2D eigenvalue weighted by Gasteiger charge is 2.31. The molecule has 1 atom stereocenters. The van der Waals surface area contributed by atoms with Gasteiger partial charge in [0.1, 0.15) is 6.20 Å². The van der Waals surface area contributed by atoms with Crippen LogP contribution in [-0.2, 0) is 0 Å². The molecule has 0 amide bonds. The van der Waals surface area contributed by atoms with E-state index in [1.807, 2.05) is 5.38 Å². The molecule has 0 aliphatic heterocycles. The van der Waals surface area contributed by atoms with Gasteiger partial charge in [0.15, 0.2) is 0 Å². The molecule has 7 heteroatoms. The van der Waals surface area contributed by atoms with E-state index in [-0.39, 0.29) is 16.8 Å². The third kappa shape index (κ3) is 2.37. The Morgan fingerprint density at radius 2 is 2.40 bits per heavy atom. The second-order valence-corrected chi connectivity index (χ2v) is 7.07. The van der Waals surface area contributed by atoms with Gasteiger partial charge in [-0.25, -0.2) is 0 Å². The lowest BCUT2D eigenvalue weighted by molar-refractivity contribution is -0.389. The van der Waals surface area contributed by atoms with Crippen LogP contribution in [0.15, 0.2) is 11.6 Å². The summed E-state index contributed by atoms with van der Waals surface area (Å²) in [5, 5.41) is 16.4. The molecule has 108 valence electrons. The molecule has 0 aromatic carbocycles. The Kier molecular flexibility index (Phi) is 3.16. The number of fused-ring (bicyclic) bond motifs is 1. The Bertz CT molecular complexity index is 646. The van der Waals surface area contributed by atoms with Crippen LogP contribution in [0.2, 0.25) is 0 Å². The summed E-state index contributed by atoms with van der Waals surface area (Å²) in [6.45, 7) is 4.50. The lowest BCUT2D eigenvalue weighted by Gasteiger charge is -2.35. The minimum atomic E-state index is -0.358. The number of thiazole rings is 1. The normalized spacial score (nSPS) is 22.0. The molecule has 2 aromatic rings. The molecule has 6 nitrogen and oxygen atoms in total. The van der Waals surface area contributed by atoms with Crippen LogP contribution in [0.3, 0.4) is 0 Å². The summed E-state index contributed by atoms with van der Waals surface area (Å²) in [4.78, 5) is 15.9. The molecule has 1 fully saturated rings. The first kappa shape index (κ1) is 13.4. The molecule has 20 heavy (non-hydrogen) atoms. The highest BCUT2D eigenvalue weighted by atomic mass is 32.1. The van der Waals surface area contributed by atoms with Crippen molar-refractivity contribution in [3.05, 3.63) is 21.7 Å². The van der Waals surface area contributed by atoms with Gasteiger partial charge in [0.05, 0.1) is 0 Å². The van der Waals surface area contributed by atoms with Crippen molar-refractivity contribution in [1.82, 2.24) is 9.38 Å². The third-order valence-electron chi connectivity index (χ3n) is 3.96. The zero-order valence-electron chi connectivity index (χ0n) is 11.6. The van der Waals surface area contributed by atoms with E-state index in [0.29, 0.717) is 16.2 Å². The van der Waals surface area contributed by atoms with Crippen LogP contribution in [0.1, 0.15) is 39.5 Å². The number of rotatable bonds is 3. The van der Waals surface area contributed by atoms with Crippen LogP contribution in [0.4, 0.5) is 11.6 Å². The SMILES string of the molecule is CC1(C)CCCC(Nc2nc3sccn3c2[N+](=O)[O-])C1. The first-order valence-electron chi connectivity index (χ1n) is 6.83. The number of anilines is 1. The van der Waals surface area contributed by atoms with Crippen molar-refractivity contribution in [3.63, 3.8) is 0 Å². The number of imidazole rings is 1. The van der Waals surface area contributed by atoms with E-state index in [4.69, 9.17) is 0 Å². The number of hydrogen-bond acceptors (Lipinski definition) is 5. The zero-order chi connectivity index (χ0) is 14.3. The van der Waals surface area contributed by atoms with Crippen molar-refractivity contribution < 1.29 is 4.92 Å². The Morgan fingerprint density at radius 3 is 3.10 bits per heavy atom. The monoisotopic (exact) mass is 294 g/mol. The van der Waals surface area contributed by atoms with Gasteiger partial charge in [0, 0.05) is 11.4 Å². The van der Waals surface area contributed by atoms with Gasteiger partial charge in [0.25, 0.3) is 4.96 Å². The minimum absolute atomic E-state index is 0.0460. The van der Waals surface area contributed by atoms with Crippen molar-refractivity contribution in [1.29, 1.82) is 0 Å². The topological polar surface area (TPSA) is 72.5 Å². The quantitative estimate of drug-likeness (QED) is 0.692. The maximum Gasteiger partial charge on any atom is 0.372 e. The molecule has 2 heterocycles. The molecular formula is C13H18N4O2S. The minimum Gasteiger partial charge on any atom is -0.360 e. The molecule has 0 radical (unpaired) electrons. The molecular weight excluding hydrogens is 276 g/mol. The Balaban J connectivity index is 1.88. The summed E-state index contributed by atoms with van der Waals surface area (Å²) in [5.41, 5.74) is 0.293. The van der Waals surface area contributed by atoms with Gasteiger partial charge in [-0.3, -0.25) is 0 Å². The highest BCUT2D eigenvalue weighted by molar-refractivity contribution is 7.15. The molecule has 1 unspecified atom stereocenters. The van der Waals surface area contributed by atoms with E-state index in [0.717, 1.165) is 19.3 Å². The van der Waals surface area contributed by atoms with Crippen LogP contribution < -0.4 is 5.32 Å². The lowest BCUT2D eigenvalue weighted by Crippen LogP contribution is -2.32. The standard InChI is InChI=1S/C13H18N4O2S/c1-13(2)5-3-4-9(8-13)14-10-11(17(18)19)16-6-7-20-12(16)15-10/h6-7,9,14H,3-5,8H2,1-2H3. The number of nitro groups is 1. The summed E-state index contributed by atoms with van der Waals surface area (Å²) in [6.07, 6.45) is 6.13. The molecule has 1 aliphatic rings. The van der Waals surface area contributed by atoms with Gasteiger partial charge >= 0.3 is 5.82 Å². The molecule has 1 aliphatic carbocycles. The average molecular weight is 294 g/mol. The average Bonchev–Trinajstić information content (AvgIpc) is 2.86. The summed E-state index contributed by atoms with van der Waals surface area (Å²) < 4.78 is 1.54. The fourth-order valence-electron chi connectivity index (χ4n) is 3.06. The molecule has 0 saturated heterocycles. The fourth-order valence-corrected chi connectivity index (χ4v) is 3.77. The Morgan fingerprint density at radius 1 is 1.60 bits per heavy atom. The van der Waals surface area contributed by atoms with Crippen molar-refractivity contribution in [3.8, 4) is 0 Å². The van der Waals surface area contributed by atoms with Gasteiger partial charge in [-0.1, -0.05) is 31.6 Å². The van der Waals surface area contributed by atoms with E-state index in [2.05, 4.69) is 24.1 Å². The van der Waals surface area contributed by atoms with Crippen LogP contribution in [0.25, 0.3) is 4.96 Å². The molecule has 1 saturated carbocycles. The summed E-state index contributed by atoms with van der Waals surface area (Å²) in [7, 11) is 0. The van der Waals surface area contributed by atoms with E-state index in [9.17, 15) is 10.1 Å². The van der Waals surface area contributed by atoms with Crippen molar-refractivity contribution in [2.24, 2.45) is 5.41 Å². The lowest BCUT2D eigenvalue weighted by atomic mass is 9.75. The van der Waals surface area contributed by atoms with Gasteiger partial charge in [-0.05, 0) is 29.6 Å². The number of nitrogens with one attached hydrogen (secondary N) is 1. The van der Waals surface area contributed by atoms with E-state index in [1.165, 1.54) is 17.8 Å². The molecule has 0 spiro atoms. The highest BCUT2D eigenvalue weighted by Crippen LogP contribution is 2.37. The van der Waals surface area contributed by atoms with Crippen molar-refractivity contribution in [2.45, 2.75) is 45.6 Å². The molecule has 0 bridgehead atoms. The number of nitrogens with zero attached hydrogens (tertiary/aromatic N) is 3. The molecule has 2 aromatic heterocycles. The Labute approximate surface area is 121 Å². The van der Waals surface area contributed by atoms with Gasteiger partial charge in [0.2, 0.25) is 5.82 Å². The second-order valence-electron chi connectivity index (χ2n) is 6.20. The largest absolute Gasteiger partial charge is 0.372 e. The van der Waals surface area contributed by atoms with E-state index in [1.54, 1.807) is 10.6 Å². The first-order valence-corrected chi connectivity index (χ1v) is 7.71. The zero-order valence-corrected chi connectivity index (χ0v) is 12.4. The van der Waals surface area contributed by atoms with E-state index < -0.39 is 0 Å². The predicted molar refractivity (Wildman–Crippen MR) is 79.4 cm³/mol. The fraction of sp³-hybridized carbons (Fsp3) is 0.615. The first-order chi connectivity index (χ1) is 9.46. The van der Waals surface area contributed by atoms with Crippen molar-refractivity contribution in [2.75, 3.05) is 5.32 Å². The second kappa shape index (κ2) is 4.73. The van der Waals surface area contributed by atoms with Gasteiger partial charge in [-0.2, -0.15) is 9.38 Å².